The summed E-state index contributed by atoms with van der Waals surface area (Å²) < 4.78 is 1.12. The van der Waals surface area contributed by atoms with E-state index in [0.29, 0.717) is 0 Å². The Labute approximate surface area is 136 Å². The number of anilines is 1. The Kier molecular flexibility index (Phi) is 4.12. The van der Waals surface area contributed by atoms with Crippen molar-refractivity contribution in [1.82, 2.24) is 0 Å². The molecule has 2 nitrogen and oxygen atoms in total. The lowest BCUT2D eigenvalue weighted by molar-refractivity contribution is 0.103. The lowest BCUT2D eigenvalue weighted by atomic mass is 9.90. The topological polar surface area (TPSA) is 29.1 Å². The number of aryl methyl sites for hydroxylation is 1. The van der Waals surface area contributed by atoms with Gasteiger partial charge in [0.25, 0.3) is 5.91 Å². The van der Waals surface area contributed by atoms with E-state index in [9.17, 15) is 4.79 Å². The molecule has 0 fully saturated rings. The second kappa shape index (κ2) is 5.85. The maximum absolute atomic E-state index is 12.3. The highest BCUT2D eigenvalue weighted by Gasteiger charge is 2.20. The van der Waals surface area contributed by atoms with E-state index in [1.54, 1.807) is 11.3 Å². The minimum Gasteiger partial charge on any atom is -0.321 e. The number of carbonyl (C=O) groups excluding carboxylic acids is 1. The molecule has 1 aromatic heterocycles. The van der Waals surface area contributed by atoms with Crippen LogP contribution in [0, 0.1) is 9.49 Å². The summed E-state index contributed by atoms with van der Waals surface area (Å²) in [6, 6.07) is 9.96. The average Bonchev–Trinajstić information content (AvgIpc) is 2.81. The highest BCUT2D eigenvalue weighted by Crippen LogP contribution is 2.32. The SMILES string of the molecule is C[C@H]1CCc2sc(C(=O)Nc3cccc(I)c3)cc2C1. The Bertz CT molecular complexity index is 650. The summed E-state index contributed by atoms with van der Waals surface area (Å²) in [4.78, 5) is 14.6. The summed E-state index contributed by atoms with van der Waals surface area (Å²) in [6.45, 7) is 2.28. The summed E-state index contributed by atoms with van der Waals surface area (Å²) in [5, 5.41) is 2.99. The Morgan fingerprint density at radius 2 is 2.25 bits per heavy atom. The number of fused-ring (bicyclic) bond motifs is 1. The fourth-order valence-electron chi connectivity index (χ4n) is 2.58. The fourth-order valence-corrected chi connectivity index (χ4v) is 4.22. The number of carbonyl (C=O) groups is 1. The van der Waals surface area contributed by atoms with Gasteiger partial charge in [0, 0.05) is 14.1 Å². The lowest BCUT2D eigenvalue weighted by Gasteiger charge is -2.16. The normalized spacial score (nSPS) is 17.6. The van der Waals surface area contributed by atoms with Crippen molar-refractivity contribution in [3.8, 4) is 0 Å². The van der Waals surface area contributed by atoms with Crippen LogP contribution in [0.1, 0.15) is 33.5 Å². The Morgan fingerprint density at radius 1 is 1.40 bits per heavy atom. The zero-order valence-corrected chi connectivity index (χ0v) is 14.3. The van der Waals surface area contributed by atoms with Gasteiger partial charge in [0.05, 0.1) is 4.88 Å². The van der Waals surface area contributed by atoms with Gasteiger partial charge in [-0.2, -0.15) is 0 Å². The first kappa shape index (κ1) is 14.1. The summed E-state index contributed by atoms with van der Waals surface area (Å²) in [5.74, 6) is 0.753. The molecule has 20 heavy (non-hydrogen) atoms. The first-order valence-electron chi connectivity index (χ1n) is 6.80. The molecule has 104 valence electrons. The van der Waals surface area contributed by atoms with Crippen LogP contribution in [0.3, 0.4) is 0 Å². The maximum Gasteiger partial charge on any atom is 0.265 e. The second-order valence-electron chi connectivity index (χ2n) is 5.37. The molecule has 2 aromatic rings. The predicted octanol–water partition coefficient (Wildman–Crippen LogP) is 4.73. The monoisotopic (exact) mass is 397 g/mol. The molecule has 1 aliphatic carbocycles. The molecule has 1 aromatic carbocycles. The van der Waals surface area contributed by atoms with Gasteiger partial charge in [0.2, 0.25) is 0 Å². The van der Waals surface area contributed by atoms with Gasteiger partial charge in [0.1, 0.15) is 0 Å². The molecule has 0 saturated carbocycles. The van der Waals surface area contributed by atoms with E-state index in [2.05, 4.69) is 40.9 Å². The molecule has 0 bridgehead atoms. The second-order valence-corrected chi connectivity index (χ2v) is 7.75. The molecular formula is C16H16INOS. The van der Waals surface area contributed by atoms with Gasteiger partial charge < -0.3 is 5.32 Å². The number of amides is 1. The van der Waals surface area contributed by atoms with Crippen molar-refractivity contribution >= 4 is 45.5 Å². The third-order valence-electron chi connectivity index (χ3n) is 3.64. The van der Waals surface area contributed by atoms with E-state index in [0.717, 1.165) is 32.9 Å². The summed E-state index contributed by atoms with van der Waals surface area (Å²) in [7, 11) is 0. The van der Waals surface area contributed by atoms with Crippen LogP contribution in [0.5, 0.6) is 0 Å². The molecule has 0 spiro atoms. The Hall–Kier alpha value is -0.880. The molecule has 1 N–H and O–H groups in total. The van der Waals surface area contributed by atoms with Crippen LogP contribution >= 0.6 is 33.9 Å². The molecule has 1 aliphatic rings. The van der Waals surface area contributed by atoms with Gasteiger partial charge in [-0.3, -0.25) is 4.79 Å². The van der Waals surface area contributed by atoms with E-state index in [4.69, 9.17) is 0 Å². The summed E-state index contributed by atoms with van der Waals surface area (Å²) >= 11 is 3.91. The minimum atomic E-state index is 0.0130. The smallest absolute Gasteiger partial charge is 0.265 e. The highest BCUT2D eigenvalue weighted by molar-refractivity contribution is 14.1. The molecule has 0 radical (unpaired) electrons. The maximum atomic E-state index is 12.3. The Balaban J connectivity index is 1.78. The van der Waals surface area contributed by atoms with E-state index in [1.807, 2.05) is 24.3 Å². The third kappa shape index (κ3) is 3.06. The number of nitrogens with one attached hydrogen (secondary N) is 1. The standard InChI is InChI=1S/C16H16INOS/c1-10-5-6-14-11(7-10)8-15(20-14)16(19)18-13-4-2-3-12(17)9-13/h2-4,8-10H,5-7H2,1H3,(H,18,19)/t10-/m0/s1. The molecule has 1 heterocycles. The van der Waals surface area contributed by atoms with Crippen LogP contribution < -0.4 is 5.32 Å². The van der Waals surface area contributed by atoms with Crippen molar-refractivity contribution in [2.75, 3.05) is 5.32 Å². The highest BCUT2D eigenvalue weighted by atomic mass is 127. The molecule has 1 atom stereocenters. The number of hydrogen-bond donors (Lipinski definition) is 1. The van der Waals surface area contributed by atoms with Crippen LogP contribution in [-0.2, 0) is 12.8 Å². The molecule has 3 rings (SSSR count). The van der Waals surface area contributed by atoms with Crippen LogP contribution in [0.2, 0.25) is 0 Å². The lowest BCUT2D eigenvalue weighted by Crippen LogP contribution is -2.10. The summed E-state index contributed by atoms with van der Waals surface area (Å²) in [6.07, 6.45) is 3.48. The number of rotatable bonds is 2. The van der Waals surface area contributed by atoms with Crippen molar-refractivity contribution in [3.63, 3.8) is 0 Å². The first-order chi connectivity index (χ1) is 9.61. The van der Waals surface area contributed by atoms with Crippen molar-refractivity contribution < 1.29 is 4.79 Å². The molecule has 0 saturated heterocycles. The summed E-state index contributed by atoms with van der Waals surface area (Å²) in [5.41, 5.74) is 2.24. The molecule has 4 heteroatoms. The zero-order chi connectivity index (χ0) is 14.1. The quantitative estimate of drug-likeness (QED) is 0.730. The van der Waals surface area contributed by atoms with Crippen LogP contribution in [0.25, 0.3) is 0 Å². The van der Waals surface area contributed by atoms with Gasteiger partial charge in [-0.15, -0.1) is 11.3 Å². The van der Waals surface area contributed by atoms with Gasteiger partial charge in [-0.05, 0) is 77.6 Å². The molecule has 0 aliphatic heterocycles. The largest absolute Gasteiger partial charge is 0.321 e. The van der Waals surface area contributed by atoms with Gasteiger partial charge in [-0.25, -0.2) is 0 Å². The number of hydrogen-bond acceptors (Lipinski definition) is 2. The number of halogens is 1. The molecule has 0 unspecified atom stereocenters. The van der Waals surface area contributed by atoms with E-state index in [-0.39, 0.29) is 5.91 Å². The van der Waals surface area contributed by atoms with E-state index in [1.165, 1.54) is 16.9 Å². The van der Waals surface area contributed by atoms with Crippen LogP contribution in [0.4, 0.5) is 5.69 Å². The third-order valence-corrected chi connectivity index (χ3v) is 5.54. The van der Waals surface area contributed by atoms with Crippen molar-refractivity contribution in [2.24, 2.45) is 5.92 Å². The number of thiophene rings is 1. The Morgan fingerprint density at radius 3 is 3.05 bits per heavy atom. The fraction of sp³-hybridized carbons (Fsp3) is 0.312. The van der Waals surface area contributed by atoms with Crippen LogP contribution in [-0.4, -0.2) is 5.91 Å². The van der Waals surface area contributed by atoms with Gasteiger partial charge in [-0.1, -0.05) is 13.0 Å². The molecule has 1 amide bonds. The van der Waals surface area contributed by atoms with Gasteiger partial charge in [0.15, 0.2) is 0 Å². The van der Waals surface area contributed by atoms with Crippen LogP contribution in [0.15, 0.2) is 30.3 Å². The van der Waals surface area contributed by atoms with Gasteiger partial charge >= 0.3 is 0 Å². The van der Waals surface area contributed by atoms with E-state index < -0.39 is 0 Å². The van der Waals surface area contributed by atoms with E-state index >= 15 is 0 Å². The molecular weight excluding hydrogens is 381 g/mol. The zero-order valence-electron chi connectivity index (χ0n) is 11.3. The predicted molar refractivity (Wildman–Crippen MR) is 92.6 cm³/mol. The minimum absolute atomic E-state index is 0.0130. The number of benzene rings is 1. The average molecular weight is 397 g/mol. The first-order valence-corrected chi connectivity index (χ1v) is 8.70. The van der Waals surface area contributed by atoms with Crippen molar-refractivity contribution in [2.45, 2.75) is 26.2 Å². The van der Waals surface area contributed by atoms with Crippen molar-refractivity contribution in [3.05, 3.63) is 49.2 Å². The van der Waals surface area contributed by atoms with Crippen molar-refractivity contribution in [1.29, 1.82) is 0 Å².